The smallest absolute Gasteiger partial charge is 0.262 e. The predicted molar refractivity (Wildman–Crippen MR) is 105 cm³/mol. The second-order valence-corrected chi connectivity index (χ2v) is 6.41. The maximum Gasteiger partial charge on any atom is 0.262 e. The fourth-order valence-corrected chi connectivity index (χ4v) is 2.92. The van der Waals surface area contributed by atoms with Crippen LogP contribution in [0.1, 0.15) is 23.2 Å². The van der Waals surface area contributed by atoms with Crippen LogP contribution in [-0.2, 0) is 9.53 Å². The zero-order valence-electron chi connectivity index (χ0n) is 15.8. The van der Waals surface area contributed by atoms with Gasteiger partial charge in [-0.2, -0.15) is 0 Å². The Morgan fingerprint density at radius 1 is 1.14 bits per heavy atom. The SMILES string of the molecule is COc1cccc(OCC(=O)Nc2ccccc2C(=O)NC[C@@H]2CCCO2)c1. The standard InChI is InChI=1S/C21H24N2O5/c1-26-15-6-4-7-16(12-15)28-14-20(24)23-19-10-3-2-9-18(19)21(25)22-13-17-8-5-11-27-17/h2-4,6-7,9-10,12,17H,5,8,11,13-14H2,1H3,(H,22,25)(H,23,24)/t17-/m0/s1. The summed E-state index contributed by atoms with van der Waals surface area (Å²) in [7, 11) is 1.56. The molecule has 1 heterocycles. The molecule has 1 atom stereocenters. The number of methoxy groups -OCH3 is 1. The van der Waals surface area contributed by atoms with Crippen molar-refractivity contribution in [3.05, 3.63) is 54.1 Å². The first-order chi connectivity index (χ1) is 13.7. The number of carbonyl (C=O) groups excluding carboxylic acids is 2. The highest BCUT2D eigenvalue weighted by Crippen LogP contribution is 2.19. The van der Waals surface area contributed by atoms with Gasteiger partial charge in [0.05, 0.1) is 24.5 Å². The molecule has 1 aliphatic rings. The van der Waals surface area contributed by atoms with Crippen molar-refractivity contribution in [2.75, 3.05) is 32.2 Å². The quantitative estimate of drug-likeness (QED) is 0.731. The van der Waals surface area contributed by atoms with E-state index in [1.807, 2.05) is 0 Å². The van der Waals surface area contributed by atoms with Gasteiger partial charge in [0.25, 0.3) is 11.8 Å². The molecule has 1 aliphatic heterocycles. The Bertz CT molecular complexity index is 818. The first-order valence-electron chi connectivity index (χ1n) is 9.21. The summed E-state index contributed by atoms with van der Waals surface area (Å²) < 4.78 is 16.1. The number of rotatable bonds is 8. The Balaban J connectivity index is 1.55. The molecular formula is C21H24N2O5. The van der Waals surface area contributed by atoms with Crippen LogP contribution in [0, 0.1) is 0 Å². The fraction of sp³-hybridized carbons (Fsp3) is 0.333. The highest BCUT2D eigenvalue weighted by Gasteiger charge is 2.18. The number of carbonyl (C=O) groups is 2. The van der Waals surface area contributed by atoms with Crippen molar-refractivity contribution >= 4 is 17.5 Å². The molecule has 1 saturated heterocycles. The molecule has 0 saturated carbocycles. The van der Waals surface area contributed by atoms with Crippen molar-refractivity contribution in [1.29, 1.82) is 0 Å². The maximum absolute atomic E-state index is 12.5. The molecule has 0 aromatic heterocycles. The Hall–Kier alpha value is -3.06. The van der Waals surface area contributed by atoms with Gasteiger partial charge in [0.15, 0.2) is 6.61 Å². The van der Waals surface area contributed by atoms with Crippen LogP contribution in [-0.4, -0.2) is 44.8 Å². The average molecular weight is 384 g/mol. The van der Waals surface area contributed by atoms with E-state index in [4.69, 9.17) is 14.2 Å². The second-order valence-electron chi connectivity index (χ2n) is 6.41. The first-order valence-corrected chi connectivity index (χ1v) is 9.21. The van der Waals surface area contributed by atoms with Gasteiger partial charge in [0, 0.05) is 19.2 Å². The third kappa shape index (κ3) is 5.47. The second kappa shape index (κ2) is 9.75. The summed E-state index contributed by atoms with van der Waals surface area (Å²) in [6.07, 6.45) is 2.02. The molecule has 2 N–H and O–H groups in total. The number of para-hydroxylation sites is 1. The Morgan fingerprint density at radius 3 is 2.75 bits per heavy atom. The summed E-state index contributed by atoms with van der Waals surface area (Å²) in [5, 5.41) is 5.60. The van der Waals surface area contributed by atoms with Gasteiger partial charge in [-0.15, -0.1) is 0 Å². The van der Waals surface area contributed by atoms with Crippen molar-refractivity contribution in [3.63, 3.8) is 0 Å². The summed E-state index contributed by atoms with van der Waals surface area (Å²) in [6.45, 7) is 1.01. The zero-order valence-corrected chi connectivity index (χ0v) is 15.8. The molecule has 0 aliphatic carbocycles. The Labute approximate surface area is 164 Å². The Morgan fingerprint density at radius 2 is 1.96 bits per heavy atom. The summed E-state index contributed by atoms with van der Waals surface area (Å²) in [6, 6.07) is 13.9. The Kier molecular flexibility index (Phi) is 6.86. The van der Waals surface area contributed by atoms with Gasteiger partial charge in [0.2, 0.25) is 0 Å². The number of nitrogens with one attached hydrogen (secondary N) is 2. The van der Waals surface area contributed by atoms with Gasteiger partial charge in [-0.1, -0.05) is 18.2 Å². The molecule has 148 valence electrons. The van der Waals surface area contributed by atoms with Crippen LogP contribution in [0.5, 0.6) is 11.5 Å². The van der Waals surface area contributed by atoms with E-state index in [-0.39, 0.29) is 24.5 Å². The molecule has 2 aromatic rings. The lowest BCUT2D eigenvalue weighted by Gasteiger charge is -2.14. The van der Waals surface area contributed by atoms with E-state index < -0.39 is 0 Å². The topological polar surface area (TPSA) is 85.9 Å². The van der Waals surface area contributed by atoms with E-state index in [2.05, 4.69) is 10.6 Å². The third-order valence-electron chi connectivity index (χ3n) is 4.37. The van der Waals surface area contributed by atoms with Crippen molar-refractivity contribution in [1.82, 2.24) is 5.32 Å². The van der Waals surface area contributed by atoms with E-state index in [0.29, 0.717) is 29.3 Å². The molecule has 0 radical (unpaired) electrons. The molecule has 2 aromatic carbocycles. The van der Waals surface area contributed by atoms with Crippen molar-refractivity contribution in [2.24, 2.45) is 0 Å². The van der Waals surface area contributed by atoms with Crippen molar-refractivity contribution in [2.45, 2.75) is 18.9 Å². The van der Waals surface area contributed by atoms with Crippen LogP contribution in [0.25, 0.3) is 0 Å². The van der Waals surface area contributed by atoms with Gasteiger partial charge >= 0.3 is 0 Å². The number of ether oxygens (including phenoxy) is 3. The molecule has 1 fully saturated rings. The van der Waals surface area contributed by atoms with Crippen LogP contribution in [0.2, 0.25) is 0 Å². The molecule has 28 heavy (non-hydrogen) atoms. The molecule has 7 heteroatoms. The van der Waals surface area contributed by atoms with Crippen LogP contribution < -0.4 is 20.1 Å². The minimum absolute atomic E-state index is 0.0574. The predicted octanol–water partition coefficient (Wildman–Crippen LogP) is 2.62. The van der Waals surface area contributed by atoms with Crippen molar-refractivity contribution in [3.8, 4) is 11.5 Å². The number of anilines is 1. The van der Waals surface area contributed by atoms with Crippen LogP contribution in [0.3, 0.4) is 0 Å². The zero-order chi connectivity index (χ0) is 19.8. The molecule has 0 bridgehead atoms. The lowest BCUT2D eigenvalue weighted by molar-refractivity contribution is -0.118. The number of amides is 2. The van der Waals surface area contributed by atoms with Crippen molar-refractivity contribution < 1.29 is 23.8 Å². The largest absolute Gasteiger partial charge is 0.497 e. The van der Waals surface area contributed by atoms with Crippen LogP contribution >= 0.6 is 0 Å². The van der Waals surface area contributed by atoms with Gasteiger partial charge in [-0.25, -0.2) is 0 Å². The molecule has 2 amide bonds. The van der Waals surface area contributed by atoms with Crippen LogP contribution in [0.15, 0.2) is 48.5 Å². The van der Waals surface area contributed by atoms with E-state index in [1.165, 1.54) is 0 Å². The summed E-state index contributed by atoms with van der Waals surface area (Å²) in [4.78, 5) is 24.8. The lowest BCUT2D eigenvalue weighted by atomic mass is 10.1. The highest BCUT2D eigenvalue weighted by molar-refractivity contribution is 6.04. The summed E-state index contributed by atoms with van der Waals surface area (Å²) in [5.41, 5.74) is 0.835. The van der Waals surface area contributed by atoms with Gasteiger partial charge in [0.1, 0.15) is 11.5 Å². The summed E-state index contributed by atoms with van der Waals surface area (Å²) in [5.74, 6) is 0.561. The molecular weight excluding hydrogens is 360 g/mol. The molecule has 3 rings (SSSR count). The number of hydrogen-bond acceptors (Lipinski definition) is 5. The molecule has 0 spiro atoms. The third-order valence-corrected chi connectivity index (χ3v) is 4.37. The lowest BCUT2D eigenvalue weighted by Crippen LogP contribution is -2.32. The van der Waals surface area contributed by atoms with E-state index in [9.17, 15) is 9.59 Å². The minimum atomic E-state index is -0.359. The van der Waals surface area contributed by atoms with E-state index in [1.54, 1.807) is 55.6 Å². The minimum Gasteiger partial charge on any atom is -0.497 e. The first kappa shape index (κ1) is 19.7. The van der Waals surface area contributed by atoms with Gasteiger partial charge in [-0.3, -0.25) is 9.59 Å². The normalized spacial score (nSPS) is 15.7. The summed E-state index contributed by atoms with van der Waals surface area (Å²) >= 11 is 0. The van der Waals surface area contributed by atoms with E-state index >= 15 is 0 Å². The average Bonchev–Trinajstić information content (AvgIpc) is 3.25. The monoisotopic (exact) mass is 384 g/mol. The molecule has 0 unspecified atom stereocenters. The highest BCUT2D eigenvalue weighted by atomic mass is 16.5. The van der Waals surface area contributed by atoms with Crippen LogP contribution in [0.4, 0.5) is 5.69 Å². The maximum atomic E-state index is 12.5. The van der Waals surface area contributed by atoms with E-state index in [0.717, 1.165) is 19.4 Å². The number of hydrogen-bond donors (Lipinski definition) is 2. The molecule has 7 nitrogen and oxygen atoms in total. The van der Waals surface area contributed by atoms with Gasteiger partial charge < -0.3 is 24.8 Å². The van der Waals surface area contributed by atoms with Gasteiger partial charge in [-0.05, 0) is 37.1 Å². The fourth-order valence-electron chi connectivity index (χ4n) is 2.92. The number of benzene rings is 2.